The quantitative estimate of drug-likeness (QED) is 0.643. The lowest BCUT2D eigenvalue weighted by molar-refractivity contribution is 0.171. The summed E-state index contributed by atoms with van der Waals surface area (Å²) in [5.41, 5.74) is 0.722. The van der Waals surface area contributed by atoms with Crippen LogP contribution >= 0.6 is 11.3 Å². The van der Waals surface area contributed by atoms with Gasteiger partial charge in [0, 0.05) is 5.39 Å². The molecule has 0 unspecified atom stereocenters. The van der Waals surface area contributed by atoms with Crippen LogP contribution in [-0.4, -0.2) is 11.8 Å². The molecule has 16 heavy (non-hydrogen) atoms. The minimum Gasteiger partial charge on any atom is -0.413 e. The van der Waals surface area contributed by atoms with Crippen LogP contribution in [0.3, 0.4) is 0 Å². The molecule has 4 heteroatoms. The molecule has 3 aromatic rings. The van der Waals surface area contributed by atoms with Crippen LogP contribution in [0.25, 0.3) is 21.0 Å². The second kappa shape index (κ2) is 3.35. The fourth-order valence-electron chi connectivity index (χ4n) is 1.93. The number of fused-ring (bicyclic) bond motifs is 3. The molecule has 2 heterocycles. The van der Waals surface area contributed by atoms with Gasteiger partial charge in [-0.05, 0) is 17.5 Å². The second-order valence-corrected chi connectivity index (χ2v) is 4.38. The molecular weight excluding hydrogens is 222 g/mol. The molecule has 0 amide bonds. The van der Waals surface area contributed by atoms with Gasteiger partial charge in [0.1, 0.15) is 12.6 Å². The Balaban J connectivity index is 2.69. The molecule has 0 atom stereocenters. The molecule has 3 nitrogen and oxygen atoms in total. The van der Waals surface area contributed by atoms with Gasteiger partial charge in [-0.2, -0.15) is 0 Å². The Morgan fingerprint density at radius 1 is 1.19 bits per heavy atom. The van der Waals surface area contributed by atoms with Crippen LogP contribution in [0, 0.1) is 0 Å². The number of hydrogen-bond acceptors (Lipinski definition) is 3. The molecule has 0 aliphatic heterocycles. The van der Waals surface area contributed by atoms with Gasteiger partial charge >= 0.3 is 0 Å². The van der Waals surface area contributed by atoms with Crippen molar-refractivity contribution in [1.82, 2.24) is 4.73 Å². The molecule has 0 bridgehead atoms. The van der Waals surface area contributed by atoms with Gasteiger partial charge in [-0.25, -0.2) is 0 Å². The van der Waals surface area contributed by atoms with Gasteiger partial charge in [-0.15, -0.1) is 16.1 Å². The average molecular weight is 231 g/mol. The van der Waals surface area contributed by atoms with E-state index >= 15 is 0 Å². The average Bonchev–Trinajstić information content (AvgIpc) is 2.79. The van der Waals surface area contributed by atoms with Crippen molar-refractivity contribution >= 4 is 32.3 Å². The zero-order chi connectivity index (χ0) is 11.1. The first-order valence-electron chi connectivity index (χ1n) is 4.88. The summed E-state index contributed by atoms with van der Waals surface area (Å²) >= 11 is 1.62. The van der Waals surface area contributed by atoms with E-state index in [0.717, 1.165) is 15.6 Å². The van der Waals surface area contributed by atoms with Gasteiger partial charge < -0.3 is 4.84 Å². The molecule has 2 aromatic heterocycles. The molecule has 0 saturated carbocycles. The van der Waals surface area contributed by atoms with E-state index in [9.17, 15) is 4.79 Å². The van der Waals surface area contributed by atoms with Gasteiger partial charge in [0.2, 0.25) is 0 Å². The predicted molar refractivity (Wildman–Crippen MR) is 66.1 cm³/mol. The Morgan fingerprint density at radius 3 is 2.69 bits per heavy atom. The number of pyridine rings is 1. The lowest BCUT2D eigenvalue weighted by Crippen LogP contribution is -2.24. The van der Waals surface area contributed by atoms with Crippen molar-refractivity contribution in [3.05, 3.63) is 46.1 Å². The number of rotatable bonds is 1. The van der Waals surface area contributed by atoms with Crippen molar-refractivity contribution in [1.29, 1.82) is 0 Å². The van der Waals surface area contributed by atoms with Gasteiger partial charge in [-0.1, -0.05) is 18.2 Å². The molecule has 0 N–H and O–H groups in total. The first kappa shape index (κ1) is 9.42. The van der Waals surface area contributed by atoms with E-state index in [-0.39, 0.29) is 5.56 Å². The number of nitrogens with zero attached hydrogens (tertiary/aromatic N) is 1. The summed E-state index contributed by atoms with van der Waals surface area (Å²) in [6, 6.07) is 9.50. The van der Waals surface area contributed by atoms with E-state index in [0.29, 0.717) is 5.39 Å². The molecule has 0 saturated heterocycles. The Kier molecular flexibility index (Phi) is 1.97. The Hall–Kier alpha value is -1.81. The molecule has 3 rings (SSSR count). The van der Waals surface area contributed by atoms with E-state index < -0.39 is 0 Å². The van der Waals surface area contributed by atoms with Crippen LogP contribution in [0.1, 0.15) is 0 Å². The number of aromatic nitrogens is 1. The third-order valence-electron chi connectivity index (χ3n) is 2.63. The third-order valence-corrected chi connectivity index (χ3v) is 3.57. The lowest BCUT2D eigenvalue weighted by atomic mass is 10.1. The summed E-state index contributed by atoms with van der Waals surface area (Å²) in [5.74, 6) is 0. The molecule has 0 fully saturated rings. The maximum atomic E-state index is 12.1. The van der Waals surface area contributed by atoms with E-state index in [4.69, 9.17) is 4.84 Å². The highest BCUT2D eigenvalue weighted by Gasteiger charge is 2.10. The minimum atomic E-state index is -0.107. The van der Waals surface area contributed by atoms with Crippen LogP contribution in [-0.2, 0) is 0 Å². The summed E-state index contributed by atoms with van der Waals surface area (Å²) in [7, 11) is 1.51. The summed E-state index contributed by atoms with van der Waals surface area (Å²) in [5, 5.41) is 3.65. The topological polar surface area (TPSA) is 31.2 Å². The van der Waals surface area contributed by atoms with Gasteiger partial charge in [-0.3, -0.25) is 4.79 Å². The molecule has 0 spiro atoms. The summed E-state index contributed by atoms with van der Waals surface area (Å²) in [4.78, 5) is 17.2. The maximum Gasteiger partial charge on any atom is 0.291 e. The van der Waals surface area contributed by atoms with Crippen molar-refractivity contribution in [3.63, 3.8) is 0 Å². The van der Waals surface area contributed by atoms with E-state index in [1.54, 1.807) is 11.3 Å². The molecular formula is C12H9NO2S. The molecule has 1 aromatic carbocycles. The monoisotopic (exact) mass is 231 g/mol. The molecule has 0 radical (unpaired) electrons. The zero-order valence-corrected chi connectivity index (χ0v) is 9.45. The highest BCUT2D eigenvalue weighted by molar-refractivity contribution is 7.18. The van der Waals surface area contributed by atoms with Crippen molar-refractivity contribution in [3.8, 4) is 0 Å². The van der Waals surface area contributed by atoms with Crippen molar-refractivity contribution in [2.75, 3.05) is 7.11 Å². The van der Waals surface area contributed by atoms with Crippen LogP contribution in [0.2, 0.25) is 0 Å². The van der Waals surface area contributed by atoms with Crippen LogP contribution in [0.5, 0.6) is 0 Å². The van der Waals surface area contributed by atoms with Crippen molar-refractivity contribution < 1.29 is 4.84 Å². The molecule has 0 aliphatic rings. The van der Waals surface area contributed by atoms with Crippen LogP contribution in [0.4, 0.5) is 0 Å². The number of benzene rings is 1. The fourth-order valence-corrected chi connectivity index (χ4v) is 2.84. The first-order valence-corrected chi connectivity index (χ1v) is 5.76. The van der Waals surface area contributed by atoms with Crippen LogP contribution in [0.15, 0.2) is 40.5 Å². The van der Waals surface area contributed by atoms with E-state index in [2.05, 4.69) is 0 Å². The highest BCUT2D eigenvalue weighted by Crippen LogP contribution is 2.26. The minimum absolute atomic E-state index is 0.107. The van der Waals surface area contributed by atoms with E-state index in [1.165, 1.54) is 11.8 Å². The number of hydrogen-bond donors (Lipinski definition) is 0. The summed E-state index contributed by atoms with van der Waals surface area (Å²) < 4.78 is 2.42. The Bertz CT molecular complexity index is 727. The second-order valence-electron chi connectivity index (χ2n) is 3.46. The zero-order valence-electron chi connectivity index (χ0n) is 8.64. The number of thiophene rings is 1. The molecule has 0 aliphatic carbocycles. The normalized spacial score (nSPS) is 11.1. The fraction of sp³-hybridized carbons (Fsp3) is 0.0833. The van der Waals surface area contributed by atoms with Crippen molar-refractivity contribution in [2.45, 2.75) is 0 Å². The van der Waals surface area contributed by atoms with Crippen molar-refractivity contribution in [2.24, 2.45) is 0 Å². The smallest absolute Gasteiger partial charge is 0.291 e. The standard InChI is InChI=1S/C12H9NO2S/c1-15-13-10-6-7-16-11(10)8-4-2-3-5-9(8)12(13)14/h2-7H,1H3. The maximum absolute atomic E-state index is 12.1. The largest absolute Gasteiger partial charge is 0.413 e. The summed E-state index contributed by atoms with van der Waals surface area (Å²) in [6.45, 7) is 0. The van der Waals surface area contributed by atoms with E-state index in [1.807, 2.05) is 35.7 Å². The summed E-state index contributed by atoms with van der Waals surface area (Å²) in [6.07, 6.45) is 0. The lowest BCUT2D eigenvalue weighted by Gasteiger charge is -2.07. The predicted octanol–water partition coefficient (Wildman–Crippen LogP) is 2.27. The molecule has 80 valence electrons. The Morgan fingerprint density at radius 2 is 1.94 bits per heavy atom. The van der Waals surface area contributed by atoms with Gasteiger partial charge in [0.15, 0.2) is 0 Å². The van der Waals surface area contributed by atoms with Gasteiger partial charge in [0.25, 0.3) is 5.56 Å². The first-order chi connectivity index (χ1) is 7.83. The van der Waals surface area contributed by atoms with Crippen LogP contribution < -0.4 is 10.4 Å². The highest BCUT2D eigenvalue weighted by atomic mass is 32.1. The SMILES string of the molecule is COn1c(=O)c2ccccc2c2sccc21. The van der Waals surface area contributed by atoms with Gasteiger partial charge in [0.05, 0.1) is 10.1 Å². The third kappa shape index (κ3) is 1.10. The Labute approximate surface area is 95.5 Å².